The van der Waals surface area contributed by atoms with Crippen LogP contribution in [0.25, 0.3) is 10.8 Å². The predicted molar refractivity (Wildman–Crippen MR) is 79.5 cm³/mol. The van der Waals surface area contributed by atoms with Crippen LogP contribution in [0.3, 0.4) is 0 Å². The van der Waals surface area contributed by atoms with Gasteiger partial charge in [-0.25, -0.2) is 4.98 Å². The summed E-state index contributed by atoms with van der Waals surface area (Å²) >= 11 is 6.48. The highest BCUT2D eigenvalue weighted by molar-refractivity contribution is 6.20. The number of aryl methyl sites for hydroxylation is 1. The molecule has 0 fully saturated rings. The lowest BCUT2D eigenvalue weighted by Gasteiger charge is -2.11. The lowest BCUT2D eigenvalue weighted by Crippen LogP contribution is -2.02. The summed E-state index contributed by atoms with van der Waals surface area (Å²) in [6.07, 6.45) is 5.49. The van der Waals surface area contributed by atoms with E-state index in [9.17, 15) is 0 Å². The number of halogens is 1. The third kappa shape index (κ3) is 2.64. The van der Waals surface area contributed by atoms with E-state index in [0.717, 1.165) is 12.1 Å². The molecule has 96 valence electrons. The monoisotopic (exact) mass is 270 g/mol. The lowest BCUT2D eigenvalue weighted by atomic mass is 10.0. The Balaban J connectivity index is 1.90. The van der Waals surface area contributed by atoms with Gasteiger partial charge in [0, 0.05) is 18.9 Å². The molecule has 2 aromatic carbocycles. The maximum atomic E-state index is 6.48. The van der Waals surface area contributed by atoms with Crippen LogP contribution in [-0.4, -0.2) is 9.55 Å². The summed E-state index contributed by atoms with van der Waals surface area (Å²) in [5.41, 5.74) is 2.42. The van der Waals surface area contributed by atoms with E-state index in [1.165, 1.54) is 16.3 Å². The summed E-state index contributed by atoms with van der Waals surface area (Å²) in [4.78, 5) is 4.03. The molecule has 2 nitrogen and oxygen atoms in total. The molecular weight excluding hydrogens is 256 g/mol. The Hall–Kier alpha value is -1.80. The molecule has 19 heavy (non-hydrogen) atoms. The first kappa shape index (κ1) is 12.2. The Bertz CT molecular complexity index is 689. The Morgan fingerprint density at radius 3 is 2.74 bits per heavy atom. The number of aromatic nitrogens is 2. The van der Waals surface area contributed by atoms with Crippen LogP contribution in [0.4, 0.5) is 0 Å². The number of benzene rings is 2. The van der Waals surface area contributed by atoms with Crippen LogP contribution in [0.15, 0.2) is 55.1 Å². The van der Waals surface area contributed by atoms with Crippen molar-refractivity contribution in [2.75, 3.05) is 0 Å². The average Bonchev–Trinajstić information content (AvgIpc) is 2.91. The van der Waals surface area contributed by atoms with Gasteiger partial charge in [0.1, 0.15) is 0 Å². The number of hydrogen-bond donors (Lipinski definition) is 0. The first-order chi connectivity index (χ1) is 9.22. The normalized spacial score (nSPS) is 12.7. The zero-order valence-electron chi connectivity index (χ0n) is 10.8. The van der Waals surface area contributed by atoms with E-state index in [1.54, 1.807) is 12.5 Å². The number of hydrogen-bond acceptors (Lipinski definition) is 1. The largest absolute Gasteiger partial charge is 0.336 e. The van der Waals surface area contributed by atoms with Crippen molar-refractivity contribution in [3.63, 3.8) is 0 Å². The van der Waals surface area contributed by atoms with Crippen LogP contribution in [0.2, 0.25) is 0 Å². The standard InChI is InChI=1S/C16H15ClN2/c1-12-2-3-14-9-15(5-4-13(14)8-12)16(17)10-19-7-6-18-11-19/h2-9,11,16H,10H2,1H3. The molecule has 0 bridgehead atoms. The van der Waals surface area contributed by atoms with Crippen LogP contribution in [-0.2, 0) is 6.54 Å². The fourth-order valence-electron chi connectivity index (χ4n) is 2.26. The fraction of sp³-hybridized carbons (Fsp3) is 0.188. The molecular formula is C16H15ClN2. The van der Waals surface area contributed by atoms with Gasteiger partial charge in [0.15, 0.2) is 0 Å². The van der Waals surface area contributed by atoms with Crippen molar-refractivity contribution < 1.29 is 0 Å². The van der Waals surface area contributed by atoms with Crippen molar-refractivity contribution in [1.29, 1.82) is 0 Å². The summed E-state index contributed by atoms with van der Waals surface area (Å²) in [6.45, 7) is 2.84. The van der Waals surface area contributed by atoms with E-state index >= 15 is 0 Å². The van der Waals surface area contributed by atoms with Crippen LogP contribution in [0.1, 0.15) is 16.5 Å². The van der Waals surface area contributed by atoms with Crippen LogP contribution >= 0.6 is 11.6 Å². The smallest absolute Gasteiger partial charge is 0.0946 e. The molecule has 0 aliphatic heterocycles. The van der Waals surface area contributed by atoms with Crippen LogP contribution < -0.4 is 0 Å². The molecule has 0 aliphatic rings. The molecule has 0 amide bonds. The highest BCUT2D eigenvalue weighted by atomic mass is 35.5. The van der Waals surface area contributed by atoms with Crippen molar-refractivity contribution in [3.8, 4) is 0 Å². The topological polar surface area (TPSA) is 17.8 Å². The number of fused-ring (bicyclic) bond motifs is 1. The Morgan fingerprint density at radius 1 is 1.16 bits per heavy atom. The molecule has 3 heteroatoms. The van der Waals surface area contributed by atoms with Gasteiger partial charge < -0.3 is 4.57 Å². The Morgan fingerprint density at radius 2 is 1.95 bits per heavy atom. The van der Waals surface area contributed by atoms with Gasteiger partial charge in [0.05, 0.1) is 11.7 Å². The molecule has 0 N–H and O–H groups in total. The van der Waals surface area contributed by atoms with Crippen LogP contribution in [0, 0.1) is 6.92 Å². The molecule has 0 radical (unpaired) electrons. The predicted octanol–water partition coefficient (Wildman–Crippen LogP) is 4.32. The van der Waals surface area contributed by atoms with Crippen molar-refractivity contribution in [1.82, 2.24) is 9.55 Å². The van der Waals surface area contributed by atoms with Gasteiger partial charge in [-0.3, -0.25) is 0 Å². The molecule has 0 saturated carbocycles. The summed E-state index contributed by atoms with van der Waals surface area (Å²) in [5, 5.41) is 2.45. The Kier molecular flexibility index (Phi) is 3.26. The second kappa shape index (κ2) is 5.06. The third-order valence-electron chi connectivity index (χ3n) is 3.31. The SMILES string of the molecule is Cc1ccc2cc(C(Cl)Cn3ccnc3)ccc2c1. The quantitative estimate of drug-likeness (QED) is 0.648. The van der Waals surface area contributed by atoms with Crippen molar-refractivity contribution in [3.05, 3.63) is 66.2 Å². The number of imidazole rings is 1. The van der Waals surface area contributed by atoms with E-state index in [4.69, 9.17) is 11.6 Å². The molecule has 0 spiro atoms. The number of rotatable bonds is 3. The van der Waals surface area contributed by atoms with Gasteiger partial charge >= 0.3 is 0 Å². The Labute approximate surface area is 117 Å². The van der Waals surface area contributed by atoms with Crippen molar-refractivity contribution in [2.24, 2.45) is 0 Å². The minimum atomic E-state index is -0.0418. The molecule has 0 aliphatic carbocycles. The molecule has 1 heterocycles. The van der Waals surface area contributed by atoms with Gasteiger partial charge in [0.25, 0.3) is 0 Å². The first-order valence-electron chi connectivity index (χ1n) is 6.32. The molecule has 3 rings (SSSR count). The molecule has 1 aromatic heterocycles. The average molecular weight is 271 g/mol. The van der Waals surface area contributed by atoms with Gasteiger partial charge in [0.2, 0.25) is 0 Å². The van der Waals surface area contributed by atoms with Crippen molar-refractivity contribution in [2.45, 2.75) is 18.8 Å². The van der Waals surface area contributed by atoms with Gasteiger partial charge in [-0.1, -0.05) is 35.9 Å². The van der Waals surface area contributed by atoms with E-state index in [-0.39, 0.29) is 5.38 Å². The maximum Gasteiger partial charge on any atom is 0.0946 e. The zero-order chi connectivity index (χ0) is 13.2. The molecule has 1 atom stereocenters. The number of nitrogens with zero attached hydrogens (tertiary/aromatic N) is 2. The van der Waals surface area contributed by atoms with E-state index in [1.807, 2.05) is 10.8 Å². The minimum absolute atomic E-state index is 0.0418. The highest BCUT2D eigenvalue weighted by Gasteiger charge is 2.09. The second-order valence-corrected chi connectivity index (χ2v) is 5.36. The van der Waals surface area contributed by atoms with Crippen molar-refractivity contribution >= 4 is 22.4 Å². The third-order valence-corrected chi connectivity index (χ3v) is 3.70. The second-order valence-electron chi connectivity index (χ2n) is 4.84. The van der Waals surface area contributed by atoms with Gasteiger partial charge in [-0.15, -0.1) is 11.6 Å². The minimum Gasteiger partial charge on any atom is -0.336 e. The summed E-state index contributed by atoms with van der Waals surface area (Å²) in [7, 11) is 0. The van der Waals surface area contributed by atoms with E-state index in [2.05, 4.69) is 48.3 Å². The molecule has 0 saturated heterocycles. The molecule has 1 unspecified atom stereocenters. The van der Waals surface area contributed by atoms with E-state index < -0.39 is 0 Å². The lowest BCUT2D eigenvalue weighted by molar-refractivity contribution is 0.677. The molecule has 3 aromatic rings. The highest BCUT2D eigenvalue weighted by Crippen LogP contribution is 2.26. The first-order valence-corrected chi connectivity index (χ1v) is 6.76. The van der Waals surface area contributed by atoms with Crippen LogP contribution in [0.5, 0.6) is 0 Å². The van der Waals surface area contributed by atoms with Gasteiger partial charge in [-0.05, 0) is 29.3 Å². The summed E-state index contributed by atoms with van der Waals surface area (Å²) < 4.78 is 2.00. The summed E-state index contributed by atoms with van der Waals surface area (Å²) in [6, 6.07) is 12.9. The maximum absolute atomic E-state index is 6.48. The van der Waals surface area contributed by atoms with E-state index in [0.29, 0.717) is 0 Å². The fourth-order valence-corrected chi connectivity index (χ4v) is 2.56. The number of alkyl halides is 1. The summed E-state index contributed by atoms with van der Waals surface area (Å²) in [5.74, 6) is 0. The zero-order valence-corrected chi connectivity index (χ0v) is 11.5. The van der Waals surface area contributed by atoms with Gasteiger partial charge in [-0.2, -0.15) is 0 Å².